The molecule has 7 heavy (non-hydrogen) atoms. The Morgan fingerprint density at radius 1 is 1.71 bits per heavy atom. The van der Waals surface area contributed by atoms with Gasteiger partial charge in [-0.1, -0.05) is 0 Å². The fraction of sp³-hybridized carbons (Fsp3) is 0.667. The van der Waals surface area contributed by atoms with E-state index < -0.39 is 0 Å². The lowest BCUT2D eigenvalue weighted by Gasteiger charge is -2.04. The highest BCUT2D eigenvalue weighted by Gasteiger charge is 1.88. The minimum absolute atomic E-state index is 1.03. The van der Waals surface area contributed by atoms with Gasteiger partial charge >= 0.3 is 0 Å². The molecule has 0 aliphatic carbocycles. The summed E-state index contributed by atoms with van der Waals surface area (Å²) < 4.78 is 5.83. The van der Waals surface area contributed by atoms with E-state index in [-0.39, 0.29) is 0 Å². The zero-order valence-electron chi connectivity index (χ0n) is 4.15. The molecule has 0 bridgehead atoms. The van der Waals surface area contributed by atoms with E-state index in [0.717, 1.165) is 5.84 Å². The van der Waals surface area contributed by atoms with E-state index in [1.54, 1.807) is 0 Å². The van der Waals surface area contributed by atoms with E-state index >= 15 is 0 Å². The summed E-state index contributed by atoms with van der Waals surface area (Å²) in [5.41, 5.74) is 0. The molecule has 4 heteroatoms. The fourth-order valence-corrected chi connectivity index (χ4v) is 0.896. The predicted octanol–water partition coefficient (Wildman–Crippen LogP) is 2.04. The van der Waals surface area contributed by atoms with Crippen LogP contribution in [0.5, 0.6) is 0 Å². The Morgan fingerprint density at radius 3 is 2.14 bits per heavy atom. The van der Waals surface area contributed by atoms with Gasteiger partial charge in [0.1, 0.15) is 5.84 Å². The molecule has 0 aromatic rings. The summed E-state index contributed by atoms with van der Waals surface area (Å²) in [6.07, 6.45) is 0. The summed E-state index contributed by atoms with van der Waals surface area (Å²) in [6, 6.07) is 0. The smallest absolute Gasteiger partial charge is 0.116 e. The van der Waals surface area contributed by atoms with Crippen molar-refractivity contribution < 1.29 is 0 Å². The van der Waals surface area contributed by atoms with Crippen molar-refractivity contribution in [2.45, 2.75) is 6.92 Å². The molecule has 0 atom stereocenters. The second-order valence-corrected chi connectivity index (χ2v) is 3.04. The molecule has 0 amide bonds. The summed E-state index contributed by atoms with van der Waals surface area (Å²) >= 11 is 4.14. The maximum atomic E-state index is 3.89. The van der Waals surface area contributed by atoms with E-state index in [4.69, 9.17) is 0 Å². The van der Waals surface area contributed by atoms with E-state index in [9.17, 15) is 0 Å². The topological polar surface area (TPSA) is 15.6 Å². The van der Waals surface area contributed by atoms with Crippen molar-refractivity contribution in [3.05, 3.63) is 0 Å². The van der Waals surface area contributed by atoms with Crippen LogP contribution in [0.3, 0.4) is 0 Å². The van der Waals surface area contributed by atoms with Crippen LogP contribution in [-0.2, 0) is 0 Å². The third-order valence-corrected chi connectivity index (χ3v) is 1.96. The molecule has 0 heterocycles. The molecule has 0 aromatic heterocycles. The zero-order chi connectivity index (χ0) is 5.86. The van der Waals surface area contributed by atoms with Crippen LogP contribution >= 0.6 is 45.7 Å². The molecule has 0 fully saturated rings. The average molecular weight is 324 g/mol. The summed E-state index contributed by atoms with van der Waals surface area (Å²) in [7, 11) is 1.96. The average Bonchev–Trinajstić information content (AvgIpc) is 1.65. The van der Waals surface area contributed by atoms with Crippen LogP contribution in [0, 0.1) is 0 Å². The molecule has 0 spiro atoms. The molecular formula is C3H6I2N2. The van der Waals surface area contributed by atoms with Gasteiger partial charge in [-0.25, -0.2) is 3.21 Å². The molecule has 42 valence electrons. The quantitative estimate of drug-likeness (QED) is 0.288. The molecule has 0 N–H and O–H groups in total. The monoisotopic (exact) mass is 324 g/mol. The normalized spacial score (nSPS) is 11.7. The minimum atomic E-state index is 1.03. The molecule has 0 saturated carbocycles. The van der Waals surface area contributed by atoms with Gasteiger partial charge in [-0.15, -0.1) is 0 Å². The SMILES string of the molecule is C/C(=N/I)N(C)I. The van der Waals surface area contributed by atoms with Crippen LogP contribution in [0.25, 0.3) is 0 Å². The maximum absolute atomic E-state index is 3.89. The van der Waals surface area contributed by atoms with Crippen molar-refractivity contribution in [1.82, 2.24) is 3.11 Å². The fourth-order valence-electron chi connectivity index (χ4n) is 0.0521. The minimum Gasteiger partial charge on any atom is -0.306 e. The summed E-state index contributed by atoms with van der Waals surface area (Å²) in [5.74, 6) is 1.03. The van der Waals surface area contributed by atoms with Gasteiger partial charge in [0.2, 0.25) is 0 Å². The molecule has 0 radical (unpaired) electrons. The first-order valence-corrected chi connectivity index (χ1v) is 3.66. The first-order chi connectivity index (χ1) is 3.18. The second-order valence-electron chi connectivity index (χ2n) is 1.11. The second kappa shape index (κ2) is 3.88. The highest BCUT2D eigenvalue weighted by molar-refractivity contribution is 14.1. The predicted molar refractivity (Wildman–Crippen MR) is 48.9 cm³/mol. The van der Waals surface area contributed by atoms with Crippen molar-refractivity contribution in [3.8, 4) is 0 Å². The van der Waals surface area contributed by atoms with E-state index in [1.807, 2.05) is 39.9 Å². The number of hydrogen-bond donors (Lipinski definition) is 0. The summed E-state index contributed by atoms with van der Waals surface area (Å²) in [5, 5.41) is 0. The van der Waals surface area contributed by atoms with Crippen LogP contribution < -0.4 is 0 Å². The third kappa shape index (κ3) is 3.51. The summed E-state index contributed by atoms with van der Waals surface area (Å²) in [6.45, 7) is 1.96. The lowest BCUT2D eigenvalue weighted by molar-refractivity contribution is 0.904. The Balaban J connectivity index is 3.56. The van der Waals surface area contributed by atoms with Crippen molar-refractivity contribution in [2.24, 2.45) is 3.21 Å². The molecule has 0 aliphatic rings. The van der Waals surface area contributed by atoms with E-state index in [1.165, 1.54) is 0 Å². The number of hydrogen-bond acceptors (Lipinski definition) is 1. The lowest BCUT2D eigenvalue weighted by atomic mass is 10.7. The Kier molecular flexibility index (Phi) is 4.39. The molecule has 2 nitrogen and oxygen atoms in total. The van der Waals surface area contributed by atoms with Gasteiger partial charge < -0.3 is 3.11 Å². The van der Waals surface area contributed by atoms with Crippen LogP contribution in [0.2, 0.25) is 0 Å². The van der Waals surface area contributed by atoms with Gasteiger partial charge in [0, 0.05) is 7.05 Å². The lowest BCUT2D eigenvalue weighted by Crippen LogP contribution is -2.09. The van der Waals surface area contributed by atoms with Gasteiger partial charge in [-0.2, -0.15) is 0 Å². The number of rotatable bonds is 0. The molecule has 0 aromatic carbocycles. The standard InChI is InChI=1S/C3H6I2N2/c1-3(6-4)7(2)5/h1-2H3/b6-3-. The first kappa shape index (κ1) is 7.93. The van der Waals surface area contributed by atoms with Gasteiger partial charge in [0.25, 0.3) is 0 Å². The Labute approximate surface area is 71.4 Å². The van der Waals surface area contributed by atoms with E-state index in [2.05, 4.69) is 26.1 Å². The van der Waals surface area contributed by atoms with Crippen LogP contribution in [0.4, 0.5) is 0 Å². The molecule has 0 unspecified atom stereocenters. The number of halogens is 2. The Hall–Kier alpha value is 0.930. The molecule has 0 saturated heterocycles. The largest absolute Gasteiger partial charge is 0.306 e. The van der Waals surface area contributed by atoms with Gasteiger partial charge in [0.05, 0.1) is 45.7 Å². The zero-order valence-corrected chi connectivity index (χ0v) is 8.47. The highest BCUT2D eigenvalue weighted by Crippen LogP contribution is 1.97. The van der Waals surface area contributed by atoms with Gasteiger partial charge in [0.15, 0.2) is 0 Å². The van der Waals surface area contributed by atoms with Crippen LogP contribution in [0.15, 0.2) is 3.21 Å². The highest BCUT2D eigenvalue weighted by atomic mass is 127. The number of amidine groups is 1. The maximum Gasteiger partial charge on any atom is 0.116 e. The molecule has 0 aliphatic heterocycles. The third-order valence-electron chi connectivity index (χ3n) is 0.568. The van der Waals surface area contributed by atoms with Crippen LogP contribution in [0.1, 0.15) is 6.92 Å². The van der Waals surface area contributed by atoms with Crippen molar-refractivity contribution in [2.75, 3.05) is 7.05 Å². The Morgan fingerprint density at radius 2 is 2.14 bits per heavy atom. The first-order valence-electron chi connectivity index (χ1n) is 1.73. The van der Waals surface area contributed by atoms with E-state index in [0.29, 0.717) is 0 Å². The molecular weight excluding hydrogens is 318 g/mol. The van der Waals surface area contributed by atoms with Crippen molar-refractivity contribution in [1.29, 1.82) is 0 Å². The van der Waals surface area contributed by atoms with Crippen LogP contribution in [-0.4, -0.2) is 16.0 Å². The number of nitrogens with zero attached hydrogens (tertiary/aromatic N) is 2. The van der Waals surface area contributed by atoms with Gasteiger partial charge in [-0.05, 0) is 6.92 Å². The van der Waals surface area contributed by atoms with Gasteiger partial charge in [-0.3, -0.25) is 0 Å². The summed E-state index contributed by atoms with van der Waals surface area (Å²) in [4.78, 5) is 0. The van der Waals surface area contributed by atoms with Crippen molar-refractivity contribution >= 4 is 51.6 Å². The molecule has 0 rings (SSSR count). The van der Waals surface area contributed by atoms with Crippen molar-refractivity contribution in [3.63, 3.8) is 0 Å². The Bertz CT molecular complexity index is 79.0.